The second-order valence-corrected chi connectivity index (χ2v) is 18.9. The lowest BCUT2D eigenvalue weighted by Crippen LogP contribution is -2.51. The van der Waals surface area contributed by atoms with Crippen LogP contribution < -0.4 is 0 Å². The van der Waals surface area contributed by atoms with E-state index in [-0.39, 0.29) is 0 Å². The van der Waals surface area contributed by atoms with Crippen LogP contribution in [0, 0.1) is 52.3 Å². The molecule has 4 aliphatic rings. The van der Waals surface area contributed by atoms with Crippen molar-refractivity contribution < 1.29 is 4.43 Å². The Hall–Kier alpha value is -0.343. The topological polar surface area (TPSA) is 9.23 Å². The van der Waals surface area contributed by atoms with Gasteiger partial charge in [0.25, 0.3) is 0 Å². The first-order chi connectivity index (χ1) is 15.3. The molecule has 0 saturated heterocycles. The number of hydrogen-bond acceptors (Lipinski definition) is 1. The van der Waals surface area contributed by atoms with E-state index in [1.807, 2.05) is 0 Å². The summed E-state index contributed by atoms with van der Waals surface area (Å²) >= 11 is 0. The highest BCUT2D eigenvalue weighted by Gasteiger charge is 2.59. The van der Waals surface area contributed by atoms with Gasteiger partial charge in [0, 0.05) is 6.10 Å². The molecule has 2 heteroatoms. The Kier molecular flexibility index (Phi) is 7.23. The number of allylic oxidation sites excluding steroid dienone is 3. The quantitative estimate of drug-likeness (QED) is 0.277. The van der Waals surface area contributed by atoms with E-state index in [0.717, 1.165) is 35.5 Å². The smallest absolute Gasteiger partial charge is 0.184 e. The van der Waals surface area contributed by atoms with Gasteiger partial charge in [-0.2, -0.15) is 0 Å². The van der Waals surface area contributed by atoms with Gasteiger partial charge in [0.05, 0.1) is 0 Å². The van der Waals surface area contributed by atoms with E-state index < -0.39 is 8.32 Å². The van der Waals surface area contributed by atoms with Gasteiger partial charge < -0.3 is 4.43 Å². The summed E-state index contributed by atoms with van der Waals surface area (Å²) in [6, 6.07) is 0. The molecule has 0 aromatic heterocycles. The standard InChI is InChI=1S/C31H54OSi/c1-21(2)22(3)10-11-23(4)27-14-15-28-26-13-12-24-20-25(32-33(7,8)9)16-18-30(24,5)29(26)17-19-31(27,28)6/h10-12,21-23,25-29H,13-20H2,1-9H3/b11-10+/t22-,23-,25+,26+,27-,28?,29+,30+,31-/m1/s1. The largest absolute Gasteiger partial charge is 0.414 e. The van der Waals surface area contributed by atoms with Crippen molar-refractivity contribution in [3.8, 4) is 0 Å². The molecular weight excluding hydrogens is 416 g/mol. The van der Waals surface area contributed by atoms with Crippen molar-refractivity contribution in [3.63, 3.8) is 0 Å². The lowest BCUT2D eigenvalue weighted by Gasteiger charge is -2.58. The molecule has 33 heavy (non-hydrogen) atoms. The zero-order valence-corrected chi connectivity index (χ0v) is 24.4. The van der Waals surface area contributed by atoms with E-state index in [0.29, 0.717) is 22.9 Å². The molecule has 0 radical (unpaired) electrons. The van der Waals surface area contributed by atoms with Gasteiger partial charge >= 0.3 is 0 Å². The van der Waals surface area contributed by atoms with Crippen molar-refractivity contribution in [1.82, 2.24) is 0 Å². The summed E-state index contributed by atoms with van der Waals surface area (Å²) in [6.07, 6.45) is 19.3. The summed E-state index contributed by atoms with van der Waals surface area (Å²) in [6.45, 7) is 22.0. The predicted octanol–water partition coefficient (Wildman–Crippen LogP) is 9.27. The molecule has 0 aromatic carbocycles. The lowest BCUT2D eigenvalue weighted by atomic mass is 9.47. The van der Waals surface area contributed by atoms with E-state index in [9.17, 15) is 0 Å². The third-order valence-corrected chi connectivity index (χ3v) is 12.1. The molecule has 0 heterocycles. The van der Waals surface area contributed by atoms with Crippen LogP contribution in [-0.2, 0) is 4.43 Å². The van der Waals surface area contributed by atoms with E-state index in [1.165, 1.54) is 51.4 Å². The van der Waals surface area contributed by atoms with Crippen molar-refractivity contribution in [2.45, 2.75) is 119 Å². The molecule has 1 nitrogen and oxygen atoms in total. The van der Waals surface area contributed by atoms with Crippen molar-refractivity contribution in [3.05, 3.63) is 23.8 Å². The Morgan fingerprint density at radius 3 is 2.33 bits per heavy atom. The van der Waals surface area contributed by atoms with Crippen molar-refractivity contribution in [2.24, 2.45) is 52.3 Å². The molecule has 0 spiro atoms. The maximum absolute atomic E-state index is 6.58. The Morgan fingerprint density at radius 2 is 1.67 bits per heavy atom. The van der Waals surface area contributed by atoms with Gasteiger partial charge in [-0.15, -0.1) is 0 Å². The number of rotatable bonds is 6. The zero-order valence-electron chi connectivity index (χ0n) is 23.4. The van der Waals surface area contributed by atoms with Gasteiger partial charge in [-0.25, -0.2) is 0 Å². The second kappa shape index (κ2) is 9.27. The Balaban J connectivity index is 1.49. The molecule has 0 aromatic rings. The third kappa shape index (κ3) is 4.86. The highest BCUT2D eigenvalue weighted by atomic mass is 28.4. The number of fused-ring (bicyclic) bond motifs is 5. The average Bonchev–Trinajstić information content (AvgIpc) is 3.08. The van der Waals surface area contributed by atoms with Crippen LogP contribution >= 0.6 is 0 Å². The highest BCUT2D eigenvalue weighted by Crippen LogP contribution is 2.67. The van der Waals surface area contributed by atoms with Crippen LogP contribution in [0.2, 0.25) is 19.6 Å². The fourth-order valence-corrected chi connectivity index (χ4v) is 10.0. The van der Waals surface area contributed by atoms with Crippen LogP contribution in [0.3, 0.4) is 0 Å². The van der Waals surface area contributed by atoms with E-state index in [1.54, 1.807) is 5.57 Å². The molecule has 0 amide bonds. The van der Waals surface area contributed by atoms with Gasteiger partial charge in [-0.05, 0) is 123 Å². The first-order valence-corrected chi connectivity index (χ1v) is 17.8. The molecule has 4 rings (SSSR count). The minimum absolute atomic E-state index is 0.444. The summed E-state index contributed by atoms with van der Waals surface area (Å²) in [5.41, 5.74) is 2.77. The van der Waals surface area contributed by atoms with Gasteiger partial charge in [0.1, 0.15) is 0 Å². The van der Waals surface area contributed by atoms with Crippen LogP contribution in [-0.4, -0.2) is 14.4 Å². The van der Waals surface area contributed by atoms with E-state index >= 15 is 0 Å². The molecule has 1 unspecified atom stereocenters. The summed E-state index contributed by atoms with van der Waals surface area (Å²) < 4.78 is 6.58. The number of hydrogen-bond donors (Lipinski definition) is 0. The normalized spacial score (nSPS) is 43.1. The summed E-state index contributed by atoms with van der Waals surface area (Å²) in [7, 11) is -1.46. The monoisotopic (exact) mass is 470 g/mol. The molecule has 9 atom stereocenters. The fourth-order valence-electron chi connectivity index (χ4n) is 8.84. The Bertz CT molecular complexity index is 759. The van der Waals surface area contributed by atoms with Gasteiger partial charge in [-0.1, -0.05) is 65.3 Å². The van der Waals surface area contributed by atoms with Gasteiger partial charge in [0.2, 0.25) is 0 Å². The summed E-state index contributed by atoms with van der Waals surface area (Å²) in [4.78, 5) is 0. The Morgan fingerprint density at radius 1 is 0.939 bits per heavy atom. The van der Waals surface area contributed by atoms with Crippen LogP contribution in [0.5, 0.6) is 0 Å². The van der Waals surface area contributed by atoms with Crippen LogP contribution in [0.15, 0.2) is 23.8 Å². The predicted molar refractivity (Wildman–Crippen MR) is 146 cm³/mol. The fraction of sp³-hybridized carbons (Fsp3) is 0.871. The van der Waals surface area contributed by atoms with Crippen LogP contribution in [0.4, 0.5) is 0 Å². The first-order valence-electron chi connectivity index (χ1n) is 14.4. The SMILES string of the molecule is CC(C)[C@H](C)/C=C/[C@@H](C)[C@H]1CCC2[C@@H]3CC=C4C[C@@H](O[Si](C)(C)C)CC[C@]4(C)[C@H]3CC[C@@]21C. The van der Waals surface area contributed by atoms with Crippen LogP contribution in [0.1, 0.15) is 92.9 Å². The van der Waals surface area contributed by atoms with E-state index in [2.05, 4.69) is 79.4 Å². The Labute approximate surface area is 207 Å². The van der Waals surface area contributed by atoms with Crippen molar-refractivity contribution in [2.75, 3.05) is 0 Å². The van der Waals surface area contributed by atoms with Crippen molar-refractivity contribution in [1.29, 1.82) is 0 Å². The lowest BCUT2D eigenvalue weighted by molar-refractivity contribution is -0.0530. The molecule has 0 bridgehead atoms. The molecule has 3 saturated carbocycles. The molecule has 3 fully saturated rings. The van der Waals surface area contributed by atoms with E-state index in [4.69, 9.17) is 4.43 Å². The molecule has 4 aliphatic carbocycles. The van der Waals surface area contributed by atoms with Gasteiger partial charge in [0.15, 0.2) is 8.32 Å². The average molecular weight is 471 g/mol. The first kappa shape index (κ1) is 25.7. The summed E-state index contributed by atoms with van der Waals surface area (Å²) in [5, 5.41) is 0. The molecule has 0 aliphatic heterocycles. The maximum Gasteiger partial charge on any atom is 0.184 e. The zero-order chi connectivity index (χ0) is 24.2. The molecular formula is C31H54OSi. The van der Waals surface area contributed by atoms with Gasteiger partial charge in [-0.3, -0.25) is 0 Å². The highest BCUT2D eigenvalue weighted by molar-refractivity contribution is 6.69. The summed E-state index contributed by atoms with van der Waals surface area (Å²) in [5.74, 6) is 5.79. The molecule has 0 N–H and O–H groups in total. The maximum atomic E-state index is 6.58. The minimum atomic E-state index is -1.46. The molecule has 188 valence electrons. The third-order valence-electron chi connectivity index (χ3n) is 11.1. The van der Waals surface area contributed by atoms with Crippen molar-refractivity contribution >= 4 is 8.32 Å². The minimum Gasteiger partial charge on any atom is -0.414 e. The van der Waals surface area contributed by atoms with Crippen LogP contribution in [0.25, 0.3) is 0 Å². The second-order valence-electron chi connectivity index (χ2n) is 14.4.